The lowest BCUT2D eigenvalue weighted by Gasteiger charge is -2.14. The molecule has 1 aromatic carbocycles. The van der Waals surface area contributed by atoms with Gasteiger partial charge in [-0.15, -0.1) is 0 Å². The Morgan fingerprint density at radius 2 is 1.96 bits per heavy atom. The lowest BCUT2D eigenvalue weighted by atomic mass is 10.2. The van der Waals surface area contributed by atoms with E-state index in [9.17, 15) is 18.0 Å². The van der Waals surface area contributed by atoms with Crippen molar-refractivity contribution in [1.29, 1.82) is 0 Å². The molecule has 0 spiro atoms. The largest absolute Gasteiger partial charge is 0.493 e. The maximum absolute atomic E-state index is 12.4. The van der Waals surface area contributed by atoms with Gasteiger partial charge in [-0.2, -0.15) is 18.3 Å². The molecule has 1 aromatic heterocycles. The van der Waals surface area contributed by atoms with Gasteiger partial charge in [0, 0.05) is 30.5 Å². The molecule has 0 atom stereocenters. The number of benzene rings is 1. The molecule has 0 bridgehead atoms. The number of alkyl halides is 3. The molecule has 0 aliphatic carbocycles. The number of hydrogen-bond donors (Lipinski definition) is 2. The minimum absolute atomic E-state index is 0.109. The molecule has 1 heterocycles. The fraction of sp³-hybridized carbons (Fsp3) is 0.444. The third-order valence-corrected chi connectivity index (χ3v) is 3.75. The number of anilines is 1. The lowest BCUT2D eigenvalue weighted by Crippen LogP contribution is -2.30. The van der Waals surface area contributed by atoms with Gasteiger partial charge in [-0.25, -0.2) is 4.79 Å². The van der Waals surface area contributed by atoms with Gasteiger partial charge in [-0.3, -0.25) is 4.68 Å². The van der Waals surface area contributed by atoms with Crippen LogP contribution in [0.1, 0.15) is 17.8 Å². The molecule has 2 N–H and O–H groups in total. The van der Waals surface area contributed by atoms with E-state index in [-0.39, 0.29) is 17.2 Å². The van der Waals surface area contributed by atoms with Crippen LogP contribution in [0.2, 0.25) is 0 Å². The number of nitrogens with zero attached hydrogens (tertiary/aromatic N) is 2. The monoisotopic (exact) mass is 400 g/mol. The minimum atomic E-state index is -4.47. The lowest BCUT2D eigenvalue weighted by molar-refractivity contribution is -0.153. The molecule has 2 amide bonds. The molecule has 0 saturated carbocycles. The van der Waals surface area contributed by atoms with Crippen molar-refractivity contribution in [3.63, 3.8) is 0 Å². The van der Waals surface area contributed by atoms with Crippen LogP contribution in [0.15, 0.2) is 24.3 Å². The summed E-state index contributed by atoms with van der Waals surface area (Å²) in [5, 5.41) is 9.58. The first-order valence-corrected chi connectivity index (χ1v) is 8.61. The number of urea groups is 1. The van der Waals surface area contributed by atoms with E-state index < -0.39 is 18.8 Å². The number of ether oxygens (including phenoxy) is 2. The van der Waals surface area contributed by atoms with E-state index in [2.05, 4.69) is 15.7 Å². The van der Waals surface area contributed by atoms with Crippen LogP contribution in [0.25, 0.3) is 0 Å². The fourth-order valence-corrected chi connectivity index (χ4v) is 2.53. The van der Waals surface area contributed by atoms with Crippen molar-refractivity contribution < 1.29 is 27.4 Å². The first-order valence-electron chi connectivity index (χ1n) is 8.61. The molecule has 7 nitrogen and oxygen atoms in total. The van der Waals surface area contributed by atoms with Gasteiger partial charge in [0.2, 0.25) is 0 Å². The van der Waals surface area contributed by atoms with Crippen LogP contribution in [-0.2, 0) is 6.54 Å². The molecule has 0 fully saturated rings. The Bertz CT molecular complexity index is 806. The van der Waals surface area contributed by atoms with Gasteiger partial charge in [0.1, 0.15) is 0 Å². The molecule has 28 heavy (non-hydrogen) atoms. The standard InChI is InChI=1S/C18H23F3N4O3/c1-12-9-13(2)25(24-12)8-4-7-22-17(26)23-14-5-6-15(27-3)16(10-14)28-11-18(19,20)21/h5-6,9-10H,4,7-8,11H2,1-3H3,(H2,22,23,26). The predicted molar refractivity (Wildman–Crippen MR) is 97.9 cm³/mol. The molecule has 2 aromatic rings. The van der Waals surface area contributed by atoms with Crippen molar-refractivity contribution in [3.8, 4) is 11.5 Å². The van der Waals surface area contributed by atoms with E-state index in [1.807, 2.05) is 24.6 Å². The van der Waals surface area contributed by atoms with Crippen molar-refractivity contribution in [2.75, 3.05) is 25.6 Å². The maximum atomic E-state index is 12.4. The maximum Gasteiger partial charge on any atom is 0.422 e. The van der Waals surface area contributed by atoms with Crippen LogP contribution in [0.4, 0.5) is 23.7 Å². The average molecular weight is 400 g/mol. The zero-order valence-electron chi connectivity index (χ0n) is 15.9. The quantitative estimate of drug-likeness (QED) is 0.663. The molecule has 0 saturated heterocycles. The highest BCUT2D eigenvalue weighted by Crippen LogP contribution is 2.31. The van der Waals surface area contributed by atoms with Crippen molar-refractivity contribution >= 4 is 11.7 Å². The van der Waals surface area contributed by atoms with Gasteiger partial charge in [0.15, 0.2) is 18.1 Å². The van der Waals surface area contributed by atoms with Crippen molar-refractivity contribution in [2.24, 2.45) is 0 Å². The van der Waals surface area contributed by atoms with E-state index in [1.54, 1.807) is 0 Å². The first-order chi connectivity index (χ1) is 13.2. The van der Waals surface area contributed by atoms with E-state index in [4.69, 9.17) is 9.47 Å². The molecule has 10 heteroatoms. The summed E-state index contributed by atoms with van der Waals surface area (Å²) >= 11 is 0. The van der Waals surface area contributed by atoms with E-state index in [0.29, 0.717) is 19.5 Å². The van der Waals surface area contributed by atoms with Gasteiger partial charge in [-0.05, 0) is 38.5 Å². The Labute approximate surface area is 160 Å². The Balaban J connectivity index is 1.84. The Hall–Kier alpha value is -2.91. The topological polar surface area (TPSA) is 77.4 Å². The average Bonchev–Trinajstić information content (AvgIpc) is 2.94. The van der Waals surface area contributed by atoms with Crippen LogP contribution >= 0.6 is 0 Å². The number of methoxy groups -OCH3 is 1. The number of amides is 2. The van der Waals surface area contributed by atoms with Crippen LogP contribution < -0.4 is 20.1 Å². The van der Waals surface area contributed by atoms with Crippen molar-refractivity contribution in [1.82, 2.24) is 15.1 Å². The number of aromatic nitrogens is 2. The van der Waals surface area contributed by atoms with E-state index in [0.717, 1.165) is 11.4 Å². The third-order valence-electron chi connectivity index (χ3n) is 3.75. The van der Waals surface area contributed by atoms with Gasteiger partial charge in [0.05, 0.1) is 12.8 Å². The van der Waals surface area contributed by atoms with Gasteiger partial charge >= 0.3 is 12.2 Å². The Morgan fingerprint density at radius 1 is 1.21 bits per heavy atom. The van der Waals surface area contributed by atoms with E-state index in [1.165, 1.54) is 25.3 Å². The second-order valence-corrected chi connectivity index (χ2v) is 6.15. The van der Waals surface area contributed by atoms with Crippen LogP contribution in [-0.4, -0.2) is 42.2 Å². The van der Waals surface area contributed by atoms with E-state index >= 15 is 0 Å². The van der Waals surface area contributed by atoms with Crippen LogP contribution in [0, 0.1) is 13.8 Å². The third kappa shape index (κ3) is 6.67. The fourth-order valence-electron chi connectivity index (χ4n) is 2.53. The summed E-state index contributed by atoms with van der Waals surface area (Å²) in [5.41, 5.74) is 2.27. The summed E-state index contributed by atoms with van der Waals surface area (Å²) in [7, 11) is 1.32. The summed E-state index contributed by atoms with van der Waals surface area (Å²) < 4.78 is 48.7. The second-order valence-electron chi connectivity index (χ2n) is 6.15. The molecule has 0 aliphatic rings. The van der Waals surface area contributed by atoms with Crippen LogP contribution in [0.3, 0.4) is 0 Å². The number of carbonyl (C=O) groups is 1. The number of aryl methyl sites for hydroxylation is 3. The summed E-state index contributed by atoms with van der Waals surface area (Å²) in [4.78, 5) is 12.0. The Kier molecular flexibility index (Phi) is 7.13. The smallest absolute Gasteiger partial charge is 0.422 e. The van der Waals surface area contributed by atoms with Gasteiger partial charge in [-0.1, -0.05) is 0 Å². The summed E-state index contributed by atoms with van der Waals surface area (Å²) in [5.74, 6) is 0.0299. The Morgan fingerprint density at radius 3 is 2.57 bits per heavy atom. The second kappa shape index (κ2) is 9.34. The highest BCUT2D eigenvalue weighted by molar-refractivity contribution is 5.89. The number of carbonyl (C=O) groups excluding carboxylic acids is 1. The minimum Gasteiger partial charge on any atom is -0.493 e. The normalized spacial score (nSPS) is 11.2. The summed E-state index contributed by atoms with van der Waals surface area (Å²) in [6.07, 6.45) is -3.80. The number of hydrogen-bond acceptors (Lipinski definition) is 4. The highest BCUT2D eigenvalue weighted by Gasteiger charge is 2.29. The van der Waals surface area contributed by atoms with Gasteiger partial charge in [0.25, 0.3) is 0 Å². The molecule has 0 unspecified atom stereocenters. The molecule has 2 rings (SSSR count). The van der Waals surface area contributed by atoms with Crippen molar-refractivity contribution in [2.45, 2.75) is 33.0 Å². The number of nitrogens with one attached hydrogen (secondary N) is 2. The summed E-state index contributed by atoms with van der Waals surface area (Å²) in [6, 6.07) is 5.71. The predicted octanol–water partition coefficient (Wildman–Crippen LogP) is 3.66. The molecule has 154 valence electrons. The van der Waals surface area contributed by atoms with Crippen LogP contribution in [0.5, 0.6) is 11.5 Å². The van der Waals surface area contributed by atoms with Crippen molar-refractivity contribution in [3.05, 3.63) is 35.7 Å². The zero-order valence-corrected chi connectivity index (χ0v) is 15.9. The molecule has 0 radical (unpaired) electrons. The molecular weight excluding hydrogens is 377 g/mol. The number of halogens is 3. The first kappa shape index (κ1) is 21.4. The number of rotatable bonds is 8. The SMILES string of the molecule is COc1ccc(NC(=O)NCCCn2nc(C)cc2C)cc1OCC(F)(F)F. The highest BCUT2D eigenvalue weighted by atomic mass is 19.4. The zero-order chi connectivity index (χ0) is 20.7. The molecular formula is C18H23F3N4O3. The molecule has 0 aliphatic heterocycles. The van der Waals surface area contributed by atoms with Gasteiger partial charge < -0.3 is 20.1 Å². The summed E-state index contributed by atoms with van der Waals surface area (Å²) in [6.45, 7) is 3.50.